The van der Waals surface area contributed by atoms with Gasteiger partial charge >= 0.3 is 5.97 Å². The van der Waals surface area contributed by atoms with Crippen LogP contribution in [0.25, 0.3) is 0 Å². The zero-order valence-electron chi connectivity index (χ0n) is 13.7. The van der Waals surface area contributed by atoms with Crippen LogP contribution in [0.1, 0.15) is 18.4 Å². The highest BCUT2D eigenvalue weighted by Gasteiger charge is 2.55. The van der Waals surface area contributed by atoms with Gasteiger partial charge in [0.05, 0.1) is 7.11 Å². The van der Waals surface area contributed by atoms with Gasteiger partial charge in [0, 0.05) is 23.3 Å². The molecule has 0 N–H and O–H groups in total. The highest BCUT2D eigenvalue weighted by atomic mass is 32.2. The van der Waals surface area contributed by atoms with Crippen LogP contribution >= 0.6 is 11.8 Å². The van der Waals surface area contributed by atoms with Crippen molar-refractivity contribution < 1.29 is 19.1 Å². The number of carbonyl (C=O) groups is 3. The van der Waals surface area contributed by atoms with E-state index < -0.39 is 10.8 Å². The third kappa shape index (κ3) is 3.05. The number of imide groups is 1. The fourth-order valence-corrected chi connectivity index (χ4v) is 4.22. The minimum atomic E-state index is -1.58. The van der Waals surface area contributed by atoms with Crippen molar-refractivity contribution in [3.63, 3.8) is 0 Å². The van der Waals surface area contributed by atoms with E-state index in [0.717, 1.165) is 21.6 Å². The maximum absolute atomic E-state index is 12.9. The number of esters is 1. The van der Waals surface area contributed by atoms with Gasteiger partial charge in [-0.25, -0.2) is 4.79 Å². The molecule has 0 bridgehead atoms. The Bertz CT molecular complexity index is 778. The zero-order chi connectivity index (χ0) is 17.9. The number of ether oxygens (including phenoxy) is 1. The zero-order valence-corrected chi connectivity index (χ0v) is 14.5. The molecule has 0 saturated carbocycles. The van der Waals surface area contributed by atoms with Crippen LogP contribution in [0.4, 0.5) is 0 Å². The molecule has 0 spiro atoms. The van der Waals surface area contributed by atoms with Crippen LogP contribution in [0, 0.1) is 0 Å². The second-order valence-electron chi connectivity index (χ2n) is 5.54. The van der Waals surface area contributed by atoms with Crippen molar-refractivity contribution in [3.8, 4) is 0 Å². The smallest absolute Gasteiger partial charge is 0.348 e. The van der Waals surface area contributed by atoms with Crippen molar-refractivity contribution in [1.82, 2.24) is 4.90 Å². The van der Waals surface area contributed by atoms with E-state index in [1.165, 1.54) is 7.11 Å². The number of hydrogen-bond acceptors (Lipinski definition) is 5. The summed E-state index contributed by atoms with van der Waals surface area (Å²) in [5.74, 6) is -1.40. The molecule has 2 aromatic rings. The lowest BCUT2D eigenvalue weighted by molar-refractivity contribution is -0.159. The molecule has 0 aromatic heterocycles. The molecule has 0 radical (unpaired) electrons. The van der Waals surface area contributed by atoms with E-state index in [1.54, 1.807) is 24.3 Å². The Balaban J connectivity index is 2.22. The largest absolute Gasteiger partial charge is 0.466 e. The number of methoxy groups -OCH3 is 1. The molecule has 1 saturated heterocycles. The van der Waals surface area contributed by atoms with Crippen molar-refractivity contribution in [2.45, 2.75) is 22.6 Å². The predicted molar refractivity (Wildman–Crippen MR) is 93.5 cm³/mol. The van der Waals surface area contributed by atoms with E-state index in [4.69, 9.17) is 4.74 Å². The number of amides is 2. The second kappa shape index (κ2) is 7.11. The Kier molecular flexibility index (Phi) is 4.90. The van der Waals surface area contributed by atoms with Crippen molar-refractivity contribution >= 4 is 29.5 Å². The molecule has 3 rings (SSSR count). The third-order valence-corrected chi connectivity index (χ3v) is 5.39. The lowest BCUT2D eigenvalue weighted by Crippen LogP contribution is -2.52. The van der Waals surface area contributed by atoms with Crippen molar-refractivity contribution in [3.05, 3.63) is 66.2 Å². The average molecular weight is 355 g/mol. The van der Waals surface area contributed by atoms with Gasteiger partial charge in [-0.1, -0.05) is 60.3 Å². The first kappa shape index (κ1) is 17.2. The molecule has 2 aromatic carbocycles. The van der Waals surface area contributed by atoms with Gasteiger partial charge < -0.3 is 4.74 Å². The summed E-state index contributed by atoms with van der Waals surface area (Å²) in [4.78, 5) is 38.2. The minimum absolute atomic E-state index is 0.0970. The Morgan fingerprint density at radius 2 is 1.48 bits per heavy atom. The van der Waals surface area contributed by atoms with Crippen LogP contribution in [0.2, 0.25) is 0 Å². The molecular weight excluding hydrogens is 338 g/mol. The van der Waals surface area contributed by atoms with Crippen LogP contribution in [-0.4, -0.2) is 29.8 Å². The number of thioether (sulfide) groups is 1. The first-order valence-corrected chi connectivity index (χ1v) is 8.65. The summed E-state index contributed by atoms with van der Waals surface area (Å²) in [5, 5.41) is 0. The SMILES string of the molecule is COC(=O)C(Sc1ccccc1)(c1ccccc1)N1C(=O)CCC1=O. The molecule has 5 nitrogen and oxygen atoms in total. The summed E-state index contributed by atoms with van der Waals surface area (Å²) < 4.78 is 5.05. The molecule has 1 unspecified atom stereocenters. The summed E-state index contributed by atoms with van der Waals surface area (Å²) >= 11 is 1.14. The highest BCUT2D eigenvalue weighted by Crippen LogP contribution is 2.47. The standard InChI is InChI=1S/C19H17NO4S/c1-24-18(23)19(14-8-4-2-5-9-14,20-16(21)12-13-17(20)22)25-15-10-6-3-7-11-15/h2-11H,12-13H2,1H3. The third-order valence-electron chi connectivity index (χ3n) is 4.00. The molecule has 25 heavy (non-hydrogen) atoms. The average Bonchev–Trinajstić information content (AvgIpc) is 2.99. The second-order valence-corrected chi connectivity index (χ2v) is 6.81. The molecule has 1 atom stereocenters. The number of carbonyl (C=O) groups excluding carboxylic acids is 3. The fourth-order valence-electron chi connectivity index (χ4n) is 2.87. The van der Waals surface area contributed by atoms with Crippen LogP contribution in [0.3, 0.4) is 0 Å². The predicted octanol–water partition coefficient (Wildman–Crippen LogP) is 2.95. The van der Waals surface area contributed by atoms with E-state index in [1.807, 2.05) is 36.4 Å². The van der Waals surface area contributed by atoms with E-state index in [-0.39, 0.29) is 24.7 Å². The van der Waals surface area contributed by atoms with E-state index >= 15 is 0 Å². The van der Waals surface area contributed by atoms with Gasteiger partial charge in [-0.3, -0.25) is 14.5 Å². The van der Waals surface area contributed by atoms with Gasteiger partial charge in [0.15, 0.2) is 0 Å². The molecule has 1 aliphatic heterocycles. The summed E-state index contributed by atoms with van der Waals surface area (Å²) in [6.07, 6.45) is 0.194. The summed E-state index contributed by atoms with van der Waals surface area (Å²) in [6, 6.07) is 18.0. The van der Waals surface area contributed by atoms with Gasteiger partial charge in [-0.05, 0) is 12.1 Å². The molecule has 1 heterocycles. The van der Waals surface area contributed by atoms with Gasteiger partial charge in [-0.2, -0.15) is 0 Å². The Morgan fingerprint density at radius 1 is 0.960 bits per heavy atom. The highest BCUT2D eigenvalue weighted by molar-refractivity contribution is 8.01. The van der Waals surface area contributed by atoms with Gasteiger partial charge in [0.1, 0.15) is 0 Å². The van der Waals surface area contributed by atoms with E-state index in [0.29, 0.717) is 5.56 Å². The minimum Gasteiger partial charge on any atom is -0.466 e. The number of nitrogens with zero attached hydrogens (tertiary/aromatic N) is 1. The van der Waals surface area contributed by atoms with Gasteiger partial charge in [0.25, 0.3) is 0 Å². The van der Waals surface area contributed by atoms with Crippen molar-refractivity contribution in [1.29, 1.82) is 0 Å². The summed E-state index contributed by atoms with van der Waals surface area (Å²) in [7, 11) is 1.26. The lowest BCUT2D eigenvalue weighted by atomic mass is 10.0. The number of hydrogen-bond donors (Lipinski definition) is 0. The topological polar surface area (TPSA) is 63.7 Å². The quantitative estimate of drug-likeness (QED) is 0.469. The van der Waals surface area contributed by atoms with Crippen LogP contribution < -0.4 is 0 Å². The summed E-state index contributed by atoms with van der Waals surface area (Å²) in [6.45, 7) is 0. The first-order chi connectivity index (χ1) is 12.1. The molecule has 1 fully saturated rings. The van der Waals surface area contributed by atoms with E-state index in [2.05, 4.69) is 0 Å². The fraction of sp³-hybridized carbons (Fsp3) is 0.211. The first-order valence-electron chi connectivity index (χ1n) is 7.83. The molecule has 2 amide bonds. The maximum Gasteiger partial charge on any atom is 0.348 e. The van der Waals surface area contributed by atoms with Crippen LogP contribution in [-0.2, 0) is 24.0 Å². The molecular formula is C19H17NO4S. The Labute approximate surface area is 150 Å². The maximum atomic E-state index is 12.9. The molecule has 6 heteroatoms. The summed E-state index contributed by atoms with van der Waals surface area (Å²) in [5.41, 5.74) is 0.527. The molecule has 1 aliphatic rings. The van der Waals surface area contributed by atoms with E-state index in [9.17, 15) is 14.4 Å². The Hall–Kier alpha value is -2.60. The Morgan fingerprint density at radius 3 is 2.00 bits per heavy atom. The number of likely N-dealkylation sites (tertiary alicyclic amines) is 1. The van der Waals surface area contributed by atoms with Crippen molar-refractivity contribution in [2.75, 3.05) is 7.11 Å². The van der Waals surface area contributed by atoms with Gasteiger partial charge in [0.2, 0.25) is 16.7 Å². The lowest BCUT2D eigenvalue weighted by Gasteiger charge is -2.37. The van der Waals surface area contributed by atoms with Crippen LogP contribution in [0.5, 0.6) is 0 Å². The van der Waals surface area contributed by atoms with Gasteiger partial charge in [-0.15, -0.1) is 0 Å². The molecule has 0 aliphatic carbocycles. The number of rotatable bonds is 5. The van der Waals surface area contributed by atoms with Crippen molar-refractivity contribution in [2.24, 2.45) is 0 Å². The number of benzene rings is 2. The normalized spacial score (nSPS) is 16.6. The molecule has 128 valence electrons. The monoisotopic (exact) mass is 355 g/mol. The van der Waals surface area contributed by atoms with Crippen LogP contribution in [0.15, 0.2) is 65.6 Å².